The van der Waals surface area contributed by atoms with Crippen LogP contribution >= 0.6 is 0 Å². The Morgan fingerprint density at radius 2 is 1.95 bits per heavy atom. The summed E-state index contributed by atoms with van der Waals surface area (Å²) in [6.45, 7) is 6.19. The Labute approximate surface area is 232 Å². The summed E-state index contributed by atoms with van der Waals surface area (Å²) in [5.74, 6) is 1.64. The Kier molecular flexibility index (Phi) is 8.27. The van der Waals surface area contributed by atoms with Gasteiger partial charge in [0.25, 0.3) is 11.5 Å². The number of hydrogen-bond donors (Lipinski definition) is 4. The summed E-state index contributed by atoms with van der Waals surface area (Å²) in [4.78, 5) is 43.2. The minimum Gasteiger partial charge on any atom is -0.493 e. The Morgan fingerprint density at radius 3 is 2.62 bits per heavy atom. The van der Waals surface area contributed by atoms with Crippen molar-refractivity contribution in [1.82, 2.24) is 30.8 Å². The maximum atomic E-state index is 13.1. The van der Waals surface area contributed by atoms with Gasteiger partial charge >= 0.3 is 0 Å². The molecule has 1 aromatic carbocycles. The maximum Gasteiger partial charge on any atom is 0.277 e. The summed E-state index contributed by atoms with van der Waals surface area (Å²) < 4.78 is 5.94. The molecule has 4 heterocycles. The van der Waals surface area contributed by atoms with Crippen molar-refractivity contribution in [1.29, 1.82) is 0 Å². The summed E-state index contributed by atoms with van der Waals surface area (Å²) in [5.41, 5.74) is 8.28. The van der Waals surface area contributed by atoms with E-state index in [1.54, 1.807) is 10.5 Å². The number of amides is 1. The van der Waals surface area contributed by atoms with Crippen molar-refractivity contribution in [3.05, 3.63) is 57.8 Å². The van der Waals surface area contributed by atoms with Gasteiger partial charge in [-0.05, 0) is 56.2 Å². The fourth-order valence-corrected chi connectivity index (χ4v) is 5.54. The first-order chi connectivity index (χ1) is 19.4. The van der Waals surface area contributed by atoms with Crippen LogP contribution < -0.4 is 31.1 Å². The van der Waals surface area contributed by atoms with Crippen LogP contribution in [0.4, 0.5) is 11.6 Å². The number of benzene rings is 1. The van der Waals surface area contributed by atoms with Crippen LogP contribution in [0.5, 0.6) is 5.75 Å². The van der Waals surface area contributed by atoms with Gasteiger partial charge in [0, 0.05) is 32.5 Å². The standard InChI is InChI=1S/C28H36N8O4/c1-4-6-21-23-24(35(3)33-21)27(38)32-25(31-23)20-14-18(7-8-22(20)40-5-2)13-17-9-11-36(12-10-17)28-29-15-19(16-30-28)26(37)34-39/h7-8,14-17,21,33,39H,4-6,9-13H2,1-3H3,(H,34,37)(H,31,32,38). The number of carbonyl (C=O) groups excluding carboxylic acids is 1. The van der Waals surface area contributed by atoms with Crippen molar-refractivity contribution < 1.29 is 14.7 Å². The molecule has 0 aliphatic carbocycles. The minimum atomic E-state index is -0.635. The maximum absolute atomic E-state index is 13.1. The number of nitrogens with one attached hydrogen (secondary N) is 3. The van der Waals surface area contributed by atoms with Crippen LogP contribution in [-0.4, -0.2) is 57.8 Å². The lowest BCUT2D eigenvalue weighted by Crippen LogP contribution is -2.35. The number of H-pyrrole nitrogens is 1. The molecule has 40 heavy (non-hydrogen) atoms. The molecule has 1 amide bonds. The van der Waals surface area contributed by atoms with Crippen molar-refractivity contribution in [2.24, 2.45) is 5.92 Å². The Bertz CT molecular complexity index is 1400. The number of rotatable bonds is 9. The van der Waals surface area contributed by atoms with Gasteiger partial charge in [0.1, 0.15) is 17.3 Å². The van der Waals surface area contributed by atoms with Crippen LogP contribution in [-0.2, 0) is 6.42 Å². The fourth-order valence-electron chi connectivity index (χ4n) is 5.54. The normalized spacial score (nSPS) is 17.1. The second kappa shape index (κ2) is 12.0. The van der Waals surface area contributed by atoms with Gasteiger partial charge in [0.05, 0.1) is 29.5 Å². The minimum absolute atomic E-state index is 0.00183. The highest BCUT2D eigenvalue weighted by atomic mass is 16.5. The largest absolute Gasteiger partial charge is 0.493 e. The van der Waals surface area contributed by atoms with E-state index in [-0.39, 0.29) is 17.2 Å². The second-order valence-corrected chi connectivity index (χ2v) is 10.3. The third-order valence-corrected chi connectivity index (χ3v) is 7.54. The SMILES string of the molecule is CCCC1NN(C)c2c1nc(-c1cc(CC3CCN(c4ncc(C(=O)NO)cn4)CC3)ccc1OCC)[nH]c2=O. The molecular weight excluding hydrogens is 512 g/mol. The van der Waals surface area contributed by atoms with E-state index >= 15 is 0 Å². The van der Waals surface area contributed by atoms with Gasteiger partial charge in [-0.2, -0.15) is 0 Å². The van der Waals surface area contributed by atoms with Crippen LogP contribution in [0.3, 0.4) is 0 Å². The number of fused-ring (bicyclic) bond motifs is 1. The van der Waals surface area contributed by atoms with Crippen molar-refractivity contribution in [2.75, 3.05) is 36.7 Å². The number of hydroxylamine groups is 1. The Morgan fingerprint density at radius 1 is 1.20 bits per heavy atom. The van der Waals surface area contributed by atoms with E-state index in [1.165, 1.54) is 12.4 Å². The molecule has 3 aromatic rings. The molecule has 0 bridgehead atoms. The first kappa shape index (κ1) is 27.5. The van der Waals surface area contributed by atoms with Crippen LogP contribution in [0.25, 0.3) is 11.4 Å². The van der Waals surface area contributed by atoms with Gasteiger partial charge in [0.2, 0.25) is 5.95 Å². The molecule has 12 heteroatoms. The number of aromatic amines is 1. The van der Waals surface area contributed by atoms with E-state index in [9.17, 15) is 9.59 Å². The molecular formula is C28H36N8O4. The zero-order valence-electron chi connectivity index (χ0n) is 23.1. The average molecular weight is 549 g/mol. The zero-order chi connectivity index (χ0) is 28.2. The predicted octanol–water partition coefficient (Wildman–Crippen LogP) is 3.00. The summed E-state index contributed by atoms with van der Waals surface area (Å²) in [5, 5.41) is 10.5. The van der Waals surface area contributed by atoms with Crippen molar-refractivity contribution in [2.45, 2.75) is 52.0 Å². The topological polar surface area (TPSA) is 149 Å². The van der Waals surface area contributed by atoms with Crippen LogP contribution in [0.15, 0.2) is 35.4 Å². The highest BCUT2D eigenvalue weighted by molar-refractivity contribution is 5.92. The predicted molar refractivity (Wildman–Crippen MR) is 151 cm³/mol. The molecule has 1 unspecified atom stereocenters. The van der Waals surface area contributed by atoms with E-state index in [0.717, 1.165) is 62.0 Å². The second-order valence-electron chi connectivity index (χ2n) is 10.3. The van der Waals surface area contributed by atoms with Gasteiger partial charge in [-0.3, -0.25) is 14.8 Å². The molecule has 0 spiro atoms. The molecule has 1 atom stereocenters. The lowest BCUT2D eigenvalue weighted by Gasteiger charge is -2.32. The van der Waals surface area contributed by atoms with E-state index < -0.39 is 5.91 Å². The molecule has 1 fully saturated rings. The lowest BCUT2D eigenvalue weighted by molar-refractivity contribution is 0.0705. The summed E-state index contributed by atoms with van der Waals surface area (Å²) in [7, 11) is 1.85. The van der Waals surface area contributed by atoms with Gasteiger partial charge in [-0.1, -0.05) is 19.4 Å². The van der Waals surface area contributed by atoms with E-state index in [1.807, 2.05) is 20.0 Å². The number of hydrogen-bond acceptors (Lipinski definition) is 10. The molecule has 12 nitrogen and oxygen atoms in total. The Hall–Kier alpha value is -4.03. The van der Waals surface area contributed by atoms with Gasteiger partial charge in [-0.25, -0.2) is 25.9 Å². The van der Waals surface area contributed by atoms with E-state index in [2.05, 4.69) is 44.3 Å². The smallest absolute Gasteiger partial charge is 0.277 e. The molecule has 2 aliphatic rings. The highest BCUT2D eigenvalue weighted by Crippen LogP contribution is 2.35. The number of piperidine rings is 1. The third-order valence-electron chi connectivity index (χ3n) is 7.54. The van der Waals surface area contributed by atoms with E-state index in [0.29, 0.717) is 35.7 Å². The first-order valence-electron chi connectivity index (χ1n) is 13.8. The van der Waals surface area contributed by atoms with Gasteiger partial charge < -0.3 is 19.6 Å². The Balaban J connectivity index is 1.32. The van der Waals surface area contributed by atoms with Crippen molar-refractivity contribution in [3.63, 3.8) is 0 Å². The quantitative estimate of drug-likeness (QED) is 0.232. The number of ether oxygens (including phenoxy) is 1. The molecule has 1 saturated heterocycles. The first-order valence-corrected chi connectivity index (χ1v) is 13.8. The summed E-state index contributed by atoms with van der Waals surface area (Å²) >= 11 is 0. The molecule has 4 N–H and O–H groups in total. The third kappa shape index (κ3) is 5.63. The van der Waals surface area contributed by atoms with Crippen molar-refractivity contribution in [3.8, 4) is 17.1 Å². The van der Waals surface area contributed by atoms with Gasteiger partial charge in [-0.15, -0.1) is 0 Å². The highest BCUT2D eigenvalue weighted by Gasteiger charge is 2.31. The lowest BCUT2D eigenvalue weighted by atomic mass is 9.89. The summed E-state index contributed by atoms with van der Waals surface area (Å²) in [6, 6.07) is 6.16. The number of anilines is 2. The van der Waals surface area contributed by atoms with Crippen LogP contribution in [0, 0.1) is 5.92 Å². The number of aromatic nitrogens is 4. The molecule has 0 saturated carbocycles. The molecule has 2 aliphatic heterocycles. The van der Waals surface area contributed by atoms with Gasteiger partial charge in [0.15, 0.2) is 0 Å². The zero-order valence-corrected chi connectivity index (χ0v) is 23.1. The molecule has 2 aromatic heterocycles. The molecule has 212 valence electrons. The number of nitrogens with zero attached hydrogens (tertiary/aromatic N) is 5. The number of hydrazine groups is 1. The van der Waals surface area contributed by atoms with Crippen molar-refractivity contribution >= 4 is 17.5 Å². The molecule has 0 radical (unpaired) electrons. The monoisotopic (exact) mass is 548 g/mol. The van der Waals surface area contributed by atoms with Crippen LogP contribution in [0.1, 0.15) is 67.2 Å². The number of carbonyl (C=O) groups is 1. The fraction of sp³-hybridized carbons (Fsp3) is 0.464. The summed E-state index contributed by atoms with van der Waals surface area (Å²) in [6.07, 6.45) is 7.52. The van der Waals surface area contributed by atoms with Crippen LogP contribution in [0.2, 0.25) is 0 Å². The van der Waals surface area contributed by atoms with E-state index in [4.69, 9.17) is 14.9 Å². The average Bonchev–Trinajstić information content (AvgIpc) is 3.29. The molecule has 5 rings (SSSR count).